The maximum atomic E-state index is 11.5. The smallest absolute Gasteiger partial charge is 0.325 e. The molecule has 2 amide bonds. The molecule has 0 heterocycles. The van der Waals surface area contributed by atoms with E-state index in [9.17, 15) is 9.59 Å². The van der Waals surface area contributed by atoms with Crippen LogP contribution in [-0.4, -0.2) is 37.7 Å². The zero-order valence-corrected chi connectivity index (χ0v) is 12.1. The molecule has 0 fully saturated rings. The Morgan fingerprint density at radius 3 is 2.29 bits per heavy atom. The number of esters is 1. The standard InChI is InChI=1S/C14H19N3O4/c1-3-20-12(18)9-16-14(19)17-11-7-5-10(6-8-11)13(15)21-4-2/h5-8,15H,3-4,9H2,1-2H3,(H2,16,17,19). The third kappa shape index (κ3) is 5.94. The summed E-state index contributed by atoms with van der Waals surface area (Å²) in [7, 11) is 0. The minimum Gasteiger partial charge on any atom is -0.478 e. The van der Waals surface area contributed by atoms with E-state index in [1.54, 1.807) is 38.1 Å². The van der Waals surface area contributed by atoms with Crippen molar-refractivity contribution in [1.29, 1.82) is 5.41 Å². The Morgan fingerprint density at radius 2 is 1.71 bits per heavy atom. The molecule has 0 saturated carbocycles. The Bertz CT molecular complexity index is 499. The molecule has 0 aromatic heterocycles. The largest absolute Gasteiger partial charge is 0.478 e. The molecule has 0 saturated heterocycles. The van der Waals surface area contributed by atoms with E-state index in [-0.39, 0.29) is 19.0 Å². The van der Waals surface area contributed by atoms with E-state index in [1.807, 2.05) is 0 Å². The first-order valence-corrected chi connectivity index (χ1v) is 6.59. The number of urea groups is 1. The molecule has 0 aliphatic heterocycles. The fourth-order valence-corrected chi connectivity index (χ4v) is 1.47. The van der Waals surface area contributed by atoms with Crippen molar-refractivity contribution in [3.8, 4) is 0 Å². The summed E-state index contributed by atoms with van der Waals surface area (Å²) in [5.74, 6) is -0.413. The van der Waals surface area contributed by atoms with Crippen molar-refractivity contribution in [2.75, 3.05) is 25.1 Å². The van der Waals surface area contributed by atoms with Crippen LogP contribution in [0.2, 0.25) is 0 Å². The highest BCUT2D eigenvalue weighted by Gasteiger charge is 2.07. The van der Waals surface area contributed by atoms with Gasteiger partial charge in [-0.25, -0.2) is 4.79 Å². The van der Waals surface area contributed by atoms with Crippen LogP contribution in [0.3, 0.4) is 0 Å². The number of hydrogen-bond acceptors (Lipinski definition) is 5. The Hall–Kier alpha value is -2.57. The van der Waals surface area contributed by atoms with Crippen LogP contribution in [0, 0.1) is 5.41 Å². The van der Waals surface area contributed by atoms with Gasteiger partial charge in [-0.15, -0.1) is 0 Å². The fourth-order valence-electron chi connectivity index (χ4n) is 1.47. The summed E-state index contributed by atoms with van der Waals surface area (Å²) in [5, 5.41) is 12.6. The Kier molecular flexibility index (Phi) is 6.73. The summed E-state index contributed by atoms with van der Waals surface area (Å²) in [6, 6.07) is 6.12. The van der Waals surface area contributed by atoms with Gasteiger partial charge in [0, 0.05) is 11.3 Å². The van der Waals surface area contributed by atoms with Crippen LogP contribution in [0.4, 0.5) is 10.5 Å². The molecule has 0 aliphatic rings. The van der Waals surface area contributed by atoms with E-state index >= 15 is 0 Å². The molecule has 21 heavy (non-hydrogen) atoms. The maximum Gasteiger partial charge on any atom is 0.325 e. The van der Waals surface area contributed by atoms with Crippen molar-refractivity contribution in [3.05, 3.63) is 29.8 Å². The number of ether oxygens (including phenoxy) is 2. The predicted octanol–water partition coefficient (Wildman–Crippen LogP) is 1.73. The molecule has 1 aromatic rings. The number of amides is 2. The highest BCUT2D eigenvalue weighted by atomic mass is 16.5. The van der Waals surface area contributed by atoms with Gasteiger partial charge in [0.25, 0.3) is 0 Å². The molecule has 1 rings (SSSR count). The molecule has 114 valence electrons. The number of nitrogens with one attached hydrogen (secondary N) is 3. The lowest BCUT2D eigenvalue weighted by atomic mass is 10.2. The quantitative estimate of drug-likeness (QED) is 0.422. The number of hydrogen-bond donors (Lipinski definition) is 3. The molecule has 0 radical (unpaired) electrons. The van der Waals surface area contributed by atoms with Gasteiger partial charge < -0.3 is 20.1 Å². The monoisotopic (exact) mass is 293 g/mol. The molecule has 0 atom stereocenters. The maximum absolute atomic E-state index is 11.5. The summed E-state index contributed by atoms with van der Waals surface area (Å²) in [5.41, 5.74) is 1.17. The van der Waals surface area contributed by atoms with Gasteiger partial charge in [0.1, 0.15) is 6.54 Å². The van der Waals surface area contributed by atoms with Crippen LogP contribution >= 0.6 is 0 Å². The van der Waals surface area contributed by atoms with Crippen LogP contribution in [0.5, 0.6) is 0 Å². The van der Waals surface area contributed by atoms with Crippen molar-refractivity contribution in [2.24, 2.45) is 0 Å². The van der Waals surface area contributed by atoms with Gasteiger partial charge in [-0.1, -0.05) is 0 Å². The van der Waals surface area contributed by atoms with E-state index in [1.165, 1.54) is 0 Å². The van der Waals surface area contributed by atoms with Crippen LogP contribution in [0.15, 0.2) is 24.3 Å². The molecule has 0 aliphatic carbocycles. The second kappa shape index (κ2) is 8.57. The second-order valence-electron chi connectivity index (χ2n) is 3.95. The summed E-state index contributed by atoms with van der Waals surface area (Å²) in [6.45, 7) is 4.01. The topological polar surface area (TPSA) is 101 Å². The highest BCUT2D eigenvalue weighted by Crippen LogP contribution is 2.10. The van der Waals surface area contributed by atoms with Gasteiger partial charge in [0.05, 0.1) is 13.2 Å². The number of anilines is 1. The Morgan fingerprint density at radius 1 is 1.10 bits per heavy atom. The summed E-state index contributed by atoms with van der Waals surface area (Å²) in [6.07, 6.45) is 0. The average molecular weight is 293 g/mol. The zero-order valence-electron chi connectivity index (χ0n) is 12.1. The van der Waals surface area contributed by atoms with E-state index < -0.39 is 12.0 Å². The minimum atomic E-state index is -0.504. The SMILES string of the molecule is CCOC(=N)c1ccc(NC(=O)NCC(=O)OCC)cc1. The minimum absolute atomic E-state index is 0.0795. The highest BCUT2D eigenvalue weighted by molar-refractivity contribution is 5.94. The Balaban J connectivity index is 2.46. The normalized spacial score (nSPS) is 9.62. The lowest BCUT2D eigenvalue weighted by molar-refractivity contribution is -0.141. The molecule has 3 N–H and O–H groups in total. The summed E-state index contributed by atoms with van der Waals surface area (Å²) >= 11 is 0. The van der Waals surface area contributed by atoms with Crippen molar-refractivity contribution in [2.45, 2.75) is 13.8 Å². The zero-order chi connectivity index (χ0) is 15.7. The third-order valence-electron chi connectivity index (χ3n) is 2.39. The number of benzene rings is 1. The summed E-state index contributed by atoms with van der Waals surface area (Å²) in [4.78, 5) is 22.6. The number of carbonyl (C=O) groups is 2. The van der Waals surface area contributed by atoms with Crippen LogP contribution in [0.1, 0.15) is 19.4 Å². The molecular formula is C14H19N3O4. The first-order valence-electron chi connectivity index (χ1n) is 6.59. The van der Waals surface area contributed by atoms with Crippen LogP contribution < -0.4 is 10.6 Å². The molecule has 0 unspecified atom stereocenters. The van der Waals surface area contributed by atoms with Crippen LogP contribution in [-0.2, 0) is 14.3 Å². The van der Waals surface area contributed by atoms with Crippen molar-refractivity contribution in [3.63, 3.8) is 0 Å². The second-order valence-corrected chi connectivity index (χ2v) is 3.95. The van der Waals surface area contributed by atoms with E-state index in [2.05, 4.69) is 15.4 Å². The first-order chi connectivity index (χ1) is 10.1. The molecule has 1 aromatic carbocycles. The van der Waals surface area contributed by atoms with Crippen molar-refractivity contribution in [1.82, 2.24) is 5.32 Å². The summed E-state index contributed by atoms with van der Waals surface area (Å²) < 4.78 is 9.76. The van der Waals surface area contributed by atoms with Crippen molar-refractivity contribution < 1.29 is 19.1 Å². The van der Waals surface area contributed by atoms with Gasteiger partial charge in [0.15, 0.2) is 0 Å². The van der Waals surface area contributed by atoms with Gasteiger partial charge in [-0.3, -0.25) is 10.2 Å². The lowest BCUT2D eigenvalue weighted by Gasteiger charge is -2.08. The molecule has 0 spiro atoms. The van der Waals surface area contributed by atoms with E-state index in [0.29, 0.717) is 17.9 Å². The third-order valence-corrected chi connectivity index (χ3v) is 2.39. The predicted molar refractivity (Wildman–Crippen MR) is 78.6 cm³/mol. The average Bonchev–Trinajstić information content (AvgIpc) is 2.46. The van der Waals surface area contributed by atoms with Gasteiger partial charge in [-0.2, -0.15) is 0 Å². The van der Waals surface area contributed by atoms with E-state index in [4.69, 9.17) is 10.1 Å². The van der Waals surface area contributed by atoms with Gasteiger partial charge in [0.2, 0.25) is 5.90 Å². The van der Waals surface area contributed by atoms with Crippen molar-refractivity contribution >= 4 is 23.6 Å². The first kappa shape index (κ1) is 16.5. The van der Waals surface area contributed by atoms with Crippen LogP contribution in [0.25, 0.3) is 0 Å². The van der Waals surface area contributed by atoms with Gasteiger partial charge in [-0.05, 0) is 38.1 Å². The Labute approximate surface area is 123 Å². The molecule has 7 heteroatoms. The molecule has 7 nitrogen and oxygen atoms in total. The lowest BCUT2D eigenvalue weighted by Crippen LogP contribution is -2.34. The molecular weight excluding hydrogens is 274 g/mol. The fraction of sp³-hybridized carbons (Fsp3) is 0.357. The molecule has 0 bridgehead atoms. The number of rotatable bonds is 6. The van der Waals surface area contributed by atoms with E-state index in [0.717, 1.165) is 0 Å². The van der Waals surface area contributed by atoms with Gasteiger partial charge >= 0.3 is 12.0 Å². The number of carbonyl (C=O) groups excluding carboxylic acids is 2.